The molecule has 0 saturated carbocycles. The number of alkyl carbamates (subject to hydrolysis) is 1. The first-order chi connectivity index (χ1) is 41.8. The van der Waals surface area contributed by atoms with E-state index in [2.05, 4.69) is 47.9 Å². The molecule has 1 aromatic heterocycles. The number of H-pyrrole nitrogens is 1. The molecule has 0 bridgehead atoms. The van der Waals surface area contributed by atoms with Gasteiger partial charge in [0, 0.05) is 75.5 Å². The Bertz CT molecular complexity index is 3710. The summed E-state index contributed by atoms with van der Waals surface area (Å²) < 4.78 is 23.2. The van der Waals surface area contributed by atoms with Crippen LogP contribution in [0.1, 0.15) is 111 Å². The van der Waals surface area contributed by atoms with Crippen molar-refractivity contribution in [1.29, 1.82) is 0 Å². The predicted octanol–water partition coefficient (Wildman–Crippen LogP) is 4.17. The Morgan fingerprint density at radius 2 is 1.64 bits per heavy atom. The number of aliphatic hydroxyl groups is 2. The van der Waals surface area contributed by atoms with Crippen LogP contribution in [0.2, 0.25) is 0 Å². The van der Waals surface area contributed by atoms with E-state index in [1.807, 2.05) is 0 Å². The van der Waals surface area contributed by atoms with Crippen LogP contribution in [-0.4, -0.2) is 162 Å². The number of hydrogen-bond acceptors (Lipinski definition) is 24. The van der Waals surface area contributed by atoms with Crippen LogP contribution >= 0.6 is 21.6 Å². The van der Waals surface area contributed by atoms with Crippen LogP contribution in [0.4, 0.5) is 27.9 Å². The number of carboxylic acids is 2. The van der Waals surface area contributed by atoms with Gasteiger partial charge in [-0.3, -0.25) is 33.8 Å². The molecule has 30 heteroatoms. The van der Waals surface area contributed by atoms with Crippen molar-refractivity contribution in [3.8, 4) is 17.2 Å². The Hall–Kier alpha value is -9.20. The average Bonchev–Trinajstić information content (AvgIpc) is 0.722. The highest BCUT2D eigenvalue weighted by molar-refractivity contribution is 8.76. The van der Waals surface area contributed by atoms with E-state index in [1.54, 1.807) is 43.3 Å². The number of ether oxygens (including phenoxy) is 4. The number of hydrogen-bond donors (Lipinski definition) is 12. The quantitative estimate of drug-likeness (QED) is 0.0230. The number of fused-ring (bicyclic) bond motifs is 3. The maximum absolute atomic E-state index is 14.1. The molecule has 2 heterocycles. The first-order valence-electron chi connectivity index (χ1n) is 27.0. The van der Waals surface area contributed by atoms with Crippen molar-refractivity contribution in [2.75, 3.05) is 30.5 Å². The number of aromatic hydroxyl groups is 2. The number of rotatable bonds is 24. The van der Waals surface area contributed by atoms with E-state index in [0.717, 1.165) is 28.5 Å². The summed E-state index contributed by atoms with van der Waals surface area (Å²) in [6.07, 6.45) is -8.35. The highest BCUT2D eigenvalue weighted by atomic mass is 33.1. The van der Waals surface area contributed by atoms with E-state index in [1.165, 1.54) is 44.4 Å². The fraction of sp³-hybridized carbons (Fsp3) is 0.345. The first-order valence-corrected chi connectivity index (χ1v) is 29.3. The Morgan fingerprint density at radius 1 is 0.932 bits per heavy atom. The van der Waals surface area contributed by atoms with Gasteiger partial charge in [0.25, 0.3) is 11.5 Å². The lowest BCUT2D eigenvalue weighted by Crippen LogP contribution is -2.55. The summed E-state index contributed by atoms with van der Waals surface area (Å²) >= 11 is 0. The largest absolute Gasteiger partial charge is 0.507 e. The van der Waals surface area contributed by atoms with Crippen LogP contribution in [0.5, 0.6) is 17.2 Å². The molecule has 3 amide bonds. The Labute approximate surface area is 508 Å². The highest BCUT2D eigenvalue weighted by Gasteiger charge is 2.50. The molecule has 1 fully saturated rings. The number of aliphatic hydroxyl groups excluding tert-OH is 1. The fourth-order valence-corrected chi connectivity index (χ4v) is 12.5. The minimum absolute atomic E-state index is 0.0353. The second kappa shape index (κ2) is 27.7. The standard InChI is InChI=1S/C58H61N9O19S2/c1-25(62-45-51(60-4)66-56(59)67-53(45)76)22-61-30-15-13-28(14-16-30)52(75)64-33(54(77)78)17-18-39(69)63-35(55(79)80)24-87-88-38-12-7-6-9-29(38)23-84-57(81)65-34-19-40(85-26(2)46(34)70)86-37-21-58(82,27(3)68)20-32-42(37)50(74)44-43(48(32)72)47(71)31-10-8-11-36(83-5)41(31)49(44)73/h6-16,26,33-35,37,40,46,61,70,72,74,82H,4,17-24H2,1-3,5H3,(H,63,69)(H,64,75)(H,65,81)(H,77,78)(H,79,80)(H3,59,66,67,76)/b62-25+/t26?,33?,34?,35?,37?,40?,46?,58-/m0/s1. The molecule has 88 heavy (non-hydrogen) atoms. The van der Waals surface area contributed by atoms with Crippen molar-refractivity contribution in [2.24, 2.45) is 9.98 Å². The van der Waals surface area contributed by atoms with E-state index >= 15 is 0 Å². The zero-order chi connectivity index (χ0) is 63.9. The lowest BCUT2D eigenvalue weighted by atomic mass is 9.72. The topological polar surface area (TPSA) is 439 Å². The number of ketones is 3. The molecule has 8 atom stereocenters. The van der Waals surface area contributed by atoms with Gasteiger partial charge >= 0.3 is 18.0 Å². The Morgan fingerprint density at radius 3 is 2.32 bits per heavy atom. The summed E-state index contributed by atoms with van der Waals surface area (Å²) in [5, 5.41) is 76.7. The summed E-state index contributed by atoms with van der Waals surface area (Å²) in [5.74, 6) is -8.61. The molecule has 1 saturated heterocycles. The van der Waals surface area contributed by atoms with Crippen molar-refractivity contribution in [2.45, 2.75) is 113 Å². The van der Waals surface area contributed by atoms with Crippen molar-refractivity contribution in [3.05, 3.63) is 122 Å². The molecular formula is C58H61N9O19S2. The maximum atomic E-state index is 14.1. The number of Topliss-reactive ketones (excluding diaryl/α,β-unsaturated/α-hetero) is 1. The number of carboxylic acid groups (broad SMARTS) is 2. The number of amides is 3. The molecule has 0 spiro atoms. The van der Waals surface area contributed by atoms with Crippen LogP contribution < -0.4 is 37.3 Å². The number of nitrogens with one attached hydrogen (secondary N) is 5. The Kier molecular flexibility index (Phi) is 20.4. The molecule has 4 aromatic carbocycles. The maximum Gasteiger partial charge on any atom is 0.407 e. The molecule has 0 radical (unpaired) electrons. The van der Waals surface area contributed by atoms with Crippen LogP contribution in [0.25, 0.3) is 0 Å². The summed E-state index contributed by atoms with van der Waals surface area (Å²) in [5.41, 5.74) is 2.50. The van der Waals surface area contributed by atoms with Gasteiger partial charge in [0.1, 0.15) is 47.6 Å². The van der Waals surface area contributed by atoms with Crippen LogP contribution in [0.3, 0.4) is 0 Å². The number of aromatic amines is 1. The van der Waals surface area contributed by atoms with Crippen molar-refractivity contribution in [3.63, 3.8) is 0 Å². The van der Waals surface area contributed by atoms with E-state index < -0.39 is 143 Å². The number of aliphatic carboxylic acids is 2. The number of nitrogens with zero attached hydrogens (tertiary/aromatic N) is 3. The number of methoxy groups -OCH3 is 1. The van der Waals surface area contributed by atoms with Gasteiger partial charge in [-0.25, -0.2) is 24.4 Å². The number of nitrogen functional groups attached to an aromatic ring is 1. The number of phenolic OH excluding ortho intramolecular Hbond substituents is 2. The number of anilines is 2. The van der Waals surface area contributed by atoms with E-state index in [-0.39, 0.29) is 82.8 Å². The van der Waals surface area contributed by atoms with Gasteiger partial charge in [-0.15, -0.1) is 0 Å². The van der Waals surface area contributed by atoms with Crippen molar-refractivity contribution >= 4 is 104 Å². The summed E-state index contributed by atoms with van der Waals surface area (Å²) in [6, 6.07) is 12.8. The lowest BCUT2D eigenvalue weighted by Gasteiger charge is -2.42. The number of nitrogens with two attached hydrogens (primary N) is 1. The predicted molar refractivity (Wildman–Crippen MR) is 318 cm³/mol. The molecule has 2 aliphatic carbocycles. The number of carbonyl (C=O) groups excluding carboxylic acids is 6. The minimum atomic E-state index is -2.20. The zero-order valence-electron chi connectivity index (χ0n) is 47.5. The molecule has 7 unspecified atom stereocenters. The van der Waals surface area contributed by atoms with Gasteiger partial charge in [-0.2, -0.15) is 4.98 Å². The number of carbonyl (C=O) groups is 8. The smallest absolute Gasteiger partial charge is 0.407 e. The molecule has 8 rings (SSSR count). The SMILES string of the molecule is C=Nc1nc(N)[nH]c(=O)c1/N=C(\C)CNc1ccc(C(=O)NC(CCC(=O)NC(CSSc2ccccc2COC(=O)NC2CC(OC3C[C@](O)(C(C)=O)Cc4c(O)c5c(c(O)c43)C(=O)c3c(OC)cccc3C5=O)OC(C)C2O)C(=O)O)C(=O)O)cc1. The van der Waals surface area contributed by atoms with Crippen LogP contribution in [-0.2, 0) is 46.4 Å². The average molecular weight is 1250 g/mol. The van der Waals surface area contributed by atoms with Gasteiger partial charge in [0.15, 0.2) is 29.4 Å². The van der Waals surface area contributed by atoms with Gasteiger partial charge in [-0.05, 0) is 70.3 Å². The number of phenols is 2. The third kappa shape index (κ3) is 14.4. The minimum Gasteiger partial charge on any atom is -0.507 e. The van der Waals surface area contributed by atoms with Crippen LogP contribution in [0.15, 0.2) is 86.4 Å². The summed E-state index contributed by atoms with van der Waals surface area (Å²) in [6.45, 7) is 7.46. The van der Waals surface area contributed by atoms with Gasteiger partial charge in [0.05, 0.1) is 48.6 Å². The molecule has 3 aliphatic rings. The van der Waals surface area contributed by atoms with Gasteiger partial charge in [0.2, 0.25) is 17.6 Å². The van der Waals surface area contributed by atoms with E-state index in [9.17, 15) is 73.8 Å². The molecule has 28 nitrogen and oxygen atoms in total. The van der Waals surface area contributed by atoms with Crippen LogP contribution in [0, 0.1) is 0 Å². The highest BCUT2D eigenvalue weighted by Crippen LogP contribution is 2.53. The van der Waals surface area contributed by atoms with Crippen molar-refractivity contribution in [1.82, 2.24) is 25.9 Å². The number of benzene rings is 4. The third-order valence-electron chi connectivity index (χ3n) is 14.7. The van der Waals surface area contributed by atoms with Gasteiger partial charge in [-0.1, -0.05) is 51.9 Å². The van der Waals surface area contributed by atoms with Gasteiger partial charge < -0.3 is 76.6 Å². The zero-order valence-corrected chi connectivity index (χ0v) is 49.1. The van der Waals surface area contributed by atoms with E-state index in [4.69, 9.17) is 24.7 Å². The molecular weight excluding hydrogens is 1190 g/mol. The number of aromatic nitrogens is 2. The molecule has 5 aromatic rings. The first kappa shape index (κ1) is 64.8. The second-order valence-electron chi connectivity index (χ2n) is 20.7. The van der Waals surface area contributed by atoms with E-state index in [0.29, 0.717) is 21.9 Å². The normalized spacial score (nSPS) is 20.2. The summed E-state index contributed by atoms with van der Waals surface area (Å²) in [7, 11) is 3.44. The molecule has 13 N–H and O–H groups in total. The number of aliphatic imine (C=N–C) groups is 2. The fourth-order valence-electron chi connectivity index (χ4n) is 10.1. The Balaban J connectivity index is 0.824. The molecule has 1 aliphatic heterocycles. The van der Waals surface area contributed by atoms with Crippen molar-refractivity contribution < 1.29 is 87.9 Å². The molecule has 464 valence electrons. The second-order valence-corrected chi connectivity index (χ2v) is 23.1. The monoisotopic (exact) mass is 1250 g/mol. The summed E-state index contributed by atoms with van der Waals surface area (Å²) in [4.78, 5) is 132. The third-order valence-corrected chi connectivity index (χ3v) is 17.2. The lowest BCUT2D eigenvalue weighted by molar-refractivity contribution is -0.249.